The summed E-state index contributed by atoms with van der Waals surface area (Å²) in [6.45, 7) is 14.2. The summed E-state index contributed by atoms with van der Waals surface area (Å²) >= 11 is 0. The quantitative estimate of drug-likeness (QED) is 0.0687. The number of methoxy groups -OCH3 is 1. The van der Waals surface area contributed by atoms with Gasteiger partial charge in [0, 0.05) is 60.8 Å². The zero-order valence-corrected chi connectivity index (χ0v) is 43.1. The Morgan fingerprint density at radius 3 is 2.25 bits per heavy atom. The molecule has 0 radical (unpaired) electrons. The van der Waals surface area contributed by atoms with Crippen LogP contribution in [0.4, 0.5) is 10.6 Å². The van der Waals surface area contributed by atoms with E-state index in [0.29, 0.717) is 34.9 Å². The molecule has 1 amide bonds. The van der Waals surface area contributed by atoms with Crippen LogP contribution in [0.15, 0.2) is 72.3 Å². The summed E-state index contributed by atoms with van der Waals surface area (Å²) in [5.41, 5.74) is -0.717. The molecule has 0 spiro atoms. The van der Waals surface area contributed by atoms with Crippen LogP contribution in [0.25, 0.3) is 0 Å². The number of amides is 1. The van der Waals surface area contributed by atoms with Crippen LogP contribution in [0.5, 0.6) is 0 Å². The SMILES string of the molecule is CC[C@H]1OC(=O)[C@H](C)[C@@H](OC(=O)Cc2ccccn2)[C@H](C)[C@@H](O[C@@H]2O[C@H](C)C[C@H](N(C)C)[C@H]2O)[C@](C)(OC)C[C@@H](C)/C(=N\OCC#Cc2ccc(NC(=O)Cc3ccccn3)nc2)[C@H](C)[C@H]2OC(=O)O[C@@]21C. The minimum atomic E-state index is -1.51. The molecule has 6 rings (SSSR count). The van der Waals surface area contributed by atoms with Crippen molar-refractivity contribution in [2.24, 2.45) is 28.8 Å². The van der Waals surface area contributed by atoms with Crippen LogP contribution in [0.2, 0.25) is 0 Å². The molecule has 3 aliphatic rings. The third-order valence-electron chi connectivity index (χ3n) is 13.9. The Balaban J connectivity index is 1.35. The number of aliphatic hydroxyl groups is 1. The van der Waals surface area contributed by atoms with Gasteiger partial charge in [0.1, 0.15) is 24.1 Å². The predicted molar refractivity (Wildman–Crippen MR) is 263 cm³/mol. The molecule has 3 aliphatic heterocycles. The molecule has 14 atom stereocenters. The summed E-state index contributed by atoms with van der Waals surface area (Å²) in [7, 11) is 5.28. The van der Waals surface area contributed by atoms with Crippen molar-refractivity contribution in [2.45, 2.75) is 148 Å². The third kappa shape index (κ3) is 13.5. The second-order valence-electron chi connectivity index (χ2n) is 19.6. The average molecular weight is 999 g/mol. The Bertz CT molecular complexity index is 2400. The van der Waals surface area contributed by atoms with E-state index in [2.05, 4.69) is 37.3 Å². The van der Waals surface area contributed by atoms with Gasteiger partial charge in [0.2, 0.25) is 5.91 Å². The van der Waals surface area contributed by atoms with Crippen molar-refractivity contribution in [2.75, 3.05) is 33.1 Å². The fourth-order valence-corrected chi connectivity index (χ4v) is 10.1. The lowest BCUT2D eigenvalue weighted by molar-refractivity contribution is -0.301. The van der Waals surface area contributed by atoms with Gasteiger partial charge in [-0.25, -0.2) is 9.78 Å². The highest BCUT2D eigenvalue weighted by Gasteiger charge is 2.59. The number of cyclic esters (lactones) is 1. The standard InChI is InChI=1S/C53H70N6O13/c1-12-40-53(8)48(71-51(64)72-53)33(4)44(58-66-25-17-18-36-21-22-41(56-30-36)57-42(60)27-37-19-13-15-23-54-37)31(2)29-52(7,65-11)47(70-50-45(62)39(59(9)10)26-32(3)67-50)34(5)46(35(6)49(63)68-40)69-43(61)28-38-20-14-16-24-55-38/h13-16,19-24,30-35,39-40,45-48,50,62H,12,25-29H2,1-11H3,(H,56,57,60)/b58-44+/t31-,32-,33+,34+,35-,39+,40-,45-,46+,47-,48-,50+,52-,53-/m1/s1. The number of nitrogens with zero attached hydrogens (tertiary/aromatic N) is 5. The number of carbonyl (C=O) groups is 4. The number of likely N-dealkylation sites (N-methyl/N-ethyl adjacent to an activating group) is 1. The third-order valence-corrected chi connectivity index (χ3v) is 13.9. The number of pyridine rings is 3. The maximum atomic E-state index is 14.6. The van der Waals surface area contributed by atoms with Gasteiger partial charge in [0.15, 0.2) is 24.6 Å². The highest BCUT2D eigenvalue weighted by Crippen LogP contribution is 2.43. The lowest BCUT2D eigenvalue weighted by Crippen LogP contribution is -2.60. The van der Waals surface area contributed by atoms with Gasteiger partial charge in [-0.3, -0.25) is 24.4 Å². The number of hydrogen-bond acceptors (Lipinski definition) is 18. The Morgan fingerprint density at radius 2 is 1.64 bits per heavy atom. The van der Waals surface area contributed by atoms with Crippen molar-refractivity contribution in [3.8, 4) is 11.8 Å². The van der Waals surface area contributed by atoms with E-state index in [0.717, 1.165) is 0 Å². The molecular weight excluding hydrogens is 929 g/mol. The molecule has 390 valence electrons. The van der Waals surface area contributed by atoms with E-state index in [1.165, 1.54) is 13.3 Å². The molecule has 0 bridgehead atoms. The zero-order valence-electron chi connectivity index (χ0n) is 43.1. The fourth-order valence-electron chi connectivity index (χ4n) is 10.1. The zero-order chi connectivity index (χ0) is 52.3. The van der Waals surface area contributed by atoms with Crippen LogP contribution in [0.1, 0.15) is 91.6 Å². The number of aromatic nitrogens is 3. The van der Waals surface area contributed by atoms with Gasteiger partial charge in [-0.2, -0.15) is 0 Å². The van der Waals surface area contributed by atoms with E-state index in [1.807, 2.05) is 52.8 Å². The number of ether oxygens (including phenoxy) is 7. The Hall–Kier alpha value is -6.04. The maximum absolute atomic E-state index is 14.6. The van der Waals surface area contributed by atoms with Crippen molar-refractivity contribution >= 4 is 35.5 Å². The second-order valence-corrected chi connectivity index (χ2v) is 19.6. The fraction of sp³-hybridized carbons (Fsp3) is 0.585. The number of hydrogen-bond donors (Lipinski definition) is 2. The lowest BCUT2D eigenvalue weighted by Gasteiger charge is -2.48. The molecule has 72 heavy (non-hydrogen) atoms. The van der Waals surface area contributed by atoms with Crippen LogP contribution < -0.4 is 5.32 Å². The molecule has 2 N–H and O–H groups in total. The smallest absolute Gasteiger partial charge is 0.461 e. The molecular formula is C53H70N6O13. The summed E-state index contributed by atoms with van der Waals surface area (Å²) in [4.78, 5) is 74.9. The Labute approximate surface area is 422 Å². The van der Waals surface area contributed by atoms with Gasteiger partial charge in [-0.1, -0.05) is 56.8 Å². The molecule has 3 fully saturated rings. The molecule has 6 heterocycles. The van der Waals surface area contributed by atoms with Crippen molar-refractivity contribution in [1.82, 2.24) is 19.9 Å². The first-order valence-corrected chi connectivity index (χ1v) is 24.5. The van der Waals surface area contributed by atoms with Gasteiger partial charge >= 0.3 is 18.1 Å². The number of carbonyl (C=O) groups excluding carboxylic acids is 4. The van der Waals surface area contributed by atoms with E-state index in [1.54, 1.807) is 82.6 Å². The molecule has 3 aromatic heterocycles. The van der Waals surface area contributed by atoms with Gasteiger partial charge in [0.25, 0.3) is 0 Å². The molecule has 0 unspecified atom stereocenters. The van der Waals surface area contributed by atoms with E-state index < -0.39 is 89.8 Å². The van der Waals surface area contributed by atoms with Crippen LogP contribution in [0.3, 0.4) is 0 Å². The van der Waals surface area contributed by atoms with E-state index in [-0.39, 0.29) is 50.3 Å². The van der Waals surface area contributed by atoms with Gasteiger partial charge in [-0.15, -0.1) is 0 Å². The summed E-state index contributed by atoms with van der Waals surface area (Å²) in [6, 6.07) is 13.6. The van der Waals surface area contributed by atoms with Crippen molar-refractivity contribution in [1.29, 1.82) is 0 Å². The largest absolute Gasteiger partial charge is 0.509 e. The first kappa shape index (κ1) is 55.3. The molecule has 3 saturated heterocycles. The average Bonchev–Trinajstić information content (AvgIpc) is 3.67. The van der Waals surface area contributed by atoms with Crippen LogP contribution >= 0.6 is 0 Å². The Kier molecular flexibility index (Phi) is 18.9. The number of rotatable bonds is 13. The summed E-state index contributed by atoms with van der Waals surface area (Å²) in [6.07, 6.45) is -2.27. The van der Waals surface area contributed by atoms with Crippen molar-refractivity contribution in [3.63, 3.8) is 0 Å². The van der Waals surface area contributed by atoms with Crippen molar-refractivity contribution < 1.29 is 62.3 Å². The van der Waals surface area contributed by atoms with Gasteiger partial charge < -0.3 is 53.3 Å². The molecule has 19 heteroatoms. The van der Waals surface area contributed by atoms with Gasteiger partial charge in [0.05, 0.1) is 48.0 Å². The molecule has 3 aromatic rings. The number of fused-ring (bicyclic) bond motifs is 1. The van der Waals surface area contributed by atoms with E-state index >= 15 is 0 Å². The summed E-state index contributed by atoms with van der Waals surface area (Å²) in [5.74, 6) is 1.51. The summed E-state index contributed by atoms with van der Waals surface area (Å²) in [5, 5.41) is 19.3. The van der Waals surface area contributed by atoms with Gasteiger partial charge in [-0.05, 0) is 97.5 Å². The predicted octanol–water partition coefficient (Wildman–Crippen LogP) is 5.71. The highest BCUT2D eigenvalue weighted by atomic mass is 16.8. The molecule has 0 saturated carbocycles. The molecule has 0 aliphatic carbocycles. The normalized spacial score (nSPS) is 32.7. The number of nitrogens with one attached hydrogen (secondary N) is 1. The topological polar surface area (TPSA) is 229 Å². The molecule has 0 aromatic carbocycles. The maximum Gasteiger partial charge on any atom is 0.509 e. The molecule has 19 nitrogen and oxygen atoms in total. The lowest BCUT2D eigenvalue weighted by atomic mass is 9.73. The minimum absolute atomic E-state index is 0.0997. The van der Waals surface area contributed by atoms with Crippen LogP contribution in [0, 0.1) is 35.5 Å². The number of anilines is 1. The highest BCUT2D eigenvalue weighted by molar-refractivity contribution is 5.91. The first-order valence-electron chi connectivity index (χ1n) is 24.5. The number of aliphatic hydroxyl groups excluding tert-OH is 1. The second kappa shape index (κ2) is 24.6. The van der Waals surface area contributed by atoms with E-state index in [4.69, 9.17) is 38.0 Å². The minimum Gasteiger partial charge on any atom is -0.461 e. The Morgan fingerprint density at radius 1 is 0.944 bits per heavy atom. The van der Waals surface area contributed by atoms with Crippen molar-refractivity contribution in [3.05, 3.63) is 84.1 Å². The van der Waals surface area contributed by atoms with Crippen LogP contribution in [-0.4, -0.2) is 143 Å². The number of oxime groups is 1. The number of esters is 2. The summed E-state index contributed by atoms with van der Waals surface area (Å²) < 4.78 is 44.2. The first-order chi connectivity index (χ1) is 34.3. The van der Waals surface area contributed by atoms with Crippen LogP contribution in [-0.2, 0) is 65.2 Å². The van der Waals surface area contributed by atoms with E-state index in [9.17, 15) is 24.3 Å². The monoisotopic (exact) mass is 999 g/mol.